The molecule has 0 spiro atoms. The summed E-state index contributed by atoms with van der Waals surface area (Å²) in [7, 11) is 0. The molecule has 1 aromatic carbocycles. The molecule has 0 unspecified atom stereocenters. The molecule has 0 bridgehead atoms. The van der Waals surface area contributed by atoms with E-state index < -0.39 is 0 Å². The Hall–Kier alpha value is -1.71. The van der Waals surface area contributed by atoms with Gasteiger partial charge in [-0.2, -0.15) is 0 Å². The Morgan fingerprint density at radius 1 is 1.50 bits per heavy atom. The molecule has 0 amide bonds. The average Bonchev–Trinajstić information content (AvgIpc) is 2.04. The molecule has 0 aliphatic heterocycles. The highest BCUT2D eigenvalue weighted by atomic mass is 16.3. The molecule has 1 N–H and O–H groups in total. The predicted molar refractivity (Wildman–Crippen MR) is 43.6 cm³/mol. The summed E-state index contributed by atoms with van der Waals surface area (Å²) in [6.45, 7) is 1.31. The summed E-state index contributed by atoms with van der Waals surface area (Å²) in [4.78, 5) is 20.9. The van der Waals surface area contributed by atoms with E-state index in [9.17, 15) is 14.8 Å². The lowest BCUT2D eigenvalue weighted by molar-refractivity contribution is 0.101. The molecule has 4 nitrogen and oxygen atoms in total. The van der Waals surface area contributed by atoms with Gasteiger partial charge < -0.3 is 5.11 Å². The molecular weight excluding hydrogens is 158 g/mol. The number of aromatic hydroxyl groups is 1. The molecule has 0 saturated carbocycles. The fourth-order valence-corrected chi connectivity index (χ4v) is 0.889. The second-order valence-corrected chi connectivity index (χ2v) is 2.32. The topological polar surface area (TPSA) is 66.7 Å². The van der Waals surface area contributed by atoms with E-state index in [4.69, 9.17) is 0 Å². The monoisotopic (exact) mass is 165 g/mol. The van der Waals surface area contributed by atoms with Gasteiger partial charge in [-0.15, -0.1) is 4.91 Å². The number of carbonyl (C=O) groups is 1. The van der Waals surface area contributed by atoms with Gasteiger partial charge >= 0.3 is 0 Å². The molecular formula is C8H7NO3. The van der Waals surface area contributed by atoms with Crippen LogP contribution < -0.4 is 0 Å². The zero-order valence-corrected chi connectivity index (χ0v) is 6.44. The van der Waals surface area contributed by atoms with Crippen LogP contribution in [0.4, 0.5) is 5.69 Å². The minimum atomic E-state index is -0.347. The average molecular weight is 165 g/mol. The van der Waals surface area contributed by atoms with Crippen LogP contribution in [0.1, 0.15) is 17.3 Å². The van der Waals surface area contributed by atoms with Crippen molar-refractivity contribution in [1.82, 2.24) is 0 Å². The van der Waals surface area contributed by atoms with Gasteiger partial charge in [0.05, 0.1) is 5.56 Å². The van der Waals surface area contributed by atoms with Gasteiger partial charge in [0, 0.05) is 0 Å². The Labute approximate surface area is 68.8 Å². The number of Topliss-reactive ketones (excluding diaryl/α,β-unsaturated/α-hetero) is 1. The number of phenols is 1. The zero-order chi connectivity index (χ0) is 9.14. The standard InChI is InChI=1S/C8H7NO3/c1-5(10)6-3-2-4-7(9-12)8(6)11/h2-4,11H,1H3. The maximum absolute atomic E-state index is 10.8. The number of nitroso groups, excluding NO2 is 1. The van der Waals surface area contributed by atoms with Gasteiger partial charge in [-0.05, 0) is 24.2 Å². The molecule has 62 valence electrons. The van der Waals surface area contributed by atoms with Crippen LogP contribution in [0, 0.1) is 4.91 Å². The van der Waals surface area contributed by atoms with Crippen LogP contribution in [0.2, 0.25) is 0 Å². The van der Waals surface area contributed by atoms with Crippen LogP contribution in [0.15, 0.2) is 23.4 Å². The van der Waals surface area contributed by atoms with E-state index in [0.29, 0.717) is 0 Å². The smallest absolute Gasteiger partial charge is 0.163 e. The number of para-hydroxylation sites is 1. The van der Waals surface area contributed by atoms with Gasteiger partial charge in [0.25, 0.3) is 0 Å². The van der Waals surface area contributed by atoms with Crippen LogP contribution in [0.25, 0.3) is 0 Å². The number of benzene rings is 1. The summed E-state index contributed by atoms with van der Waals surface area (Å²) in [5, 5.41) is 11.8. The highest BCUT2D eigenvalue weighted by Gasteiger charge is 2.09. The van der Waals surface area contributed by atoms with Gasteiger partial charge in [-0.1, -0.05) is 6.07 Å². The first-order valence-corrected chi connectivity index (χ1v) is 3.33. The van der Waals surface area contributed by atoms with Crippen molar-refractivity contribution in [2.75, 3.05) is 0 Å². The summed E-state index contributed by atoms with van der Waals surface area (Å²) < 4.78 is 0. The Morgan fingerprint density at radius 3 is 2.67 bits per heavy atom. The molecule has 0 fully saturated rings. The third-order valence-corrected chi connectivity index (χ3v) is 1.49. The maximum Gasteiger partial charge on any atom is 0.163 e. The van der Waals surface area contributed by atoms with Crippen LogP contribution in [0.5, 0.6) is 5.75 Å². The lowest BCUT2D eigenvalue weighted by Gasteiger charge is -1.99. The number of carbonyl (C=O) groups excluding carboxylic acids is 1. The van der Waals surface area contributed by atoms with Gasteiger partial charge in [0.2, 0.25) is 0 Å². The Bertz CT molecular complexity index is 333. The number of rotatable bonds is 2. The van der Waals surface area contributed by atoms with E-state index in [1.807, 2.05) is 0 Å². The molecule has 0 atom stereocenters. The highest BCUT2D eigenvalue weighted by Crippen LogP contribution is 2.29. The summed E-state index contributed by atoms with van der Waals surface area (Å²) in [6.07, 6.45) is 0. The van der Waals surface area contributed by atoms with E-state index in [0.717, 1.165) is 0 Å². The number of phenolic OH excluding ortho intramolecular Hbond substituents is 1. The third-order valence-electron chi connectivity index (χ3n) is 1.49. The SMILES string of the molecule is CC(=O)c1cccc(N=O)c1O. The van der Waals surface area contributed by atoms with Crippen molar-refractivity contribution in [2.24, 2.45) is 5.18 Å². The molecule has 4 heteroatoms. The van der Waals surface area contributed by atoms with Gasteiger partial charge in [0.1, 0.15) is 5.69 Å². The number of ketones is 1. The van der Waals surface area contributed by atoms with Crippen molar-refractivity contribution in [1.29, 1.82) is 0 Å². The van der Waals surface area contributed by atoms with E-state index in [2.05, 4.69) is 5.18 Å². The lowest BCUT2D eigenvalue weighted by atomic mass is 10.1. The lowest BCUT2D eigenvalue weighted by Crippen LogP contribution is -1.91. The van der Waals surface area contributed by atoms with E-state index in [1.54, 1.807) is 0 Å². The summed E-state index contributed by atoms with van der Waals surface area (Å²) in [5.41, 5.74) is 0.00907. The van der Waals surface area contributed by atoms with Crippen molar-refractivity contribution in [3.8, 4) is 5.75 Å². The summed E-state index contributed by atoms with van der Waals surface area (Å²) in [6, 6.07) is 4.27. The van der Waals surface area contributed by atoms with Crippen molar-refractivity contribution in [2.45, 2.75) is 6.92 Å². The summed E-state index contributed by atoms with van der Waals surface area (Å²) >= 11 is 0. The second-order valence-electron chi connectivity index (χ2n) is 2.32. The minimum Gasteiger partial charge on any atom is -0.505 e. The number of nitrogens with zero attached hydrogens (tertiary/aromatic N) is 1. The number of hydrogen-bond acceptors (Lipinski definition) is 4. The van der Waals surface area contributed by atoms with E-state index in [-0.39, 0.29) is 22.8 Å². The van der Waals surface area contributed by atoms with Crippen LogP contribution in [-0.2, 0) is 0 Å². The van der Waals surface area contributed by atoms with Crippen LogP contribution >= 0.6 is 0 Å². The first-order chi connectivity index (χ1) is 5.66. The molecule has 12 heavy (non-hydrogen) atoms. The van der Waals surface area contributed by atoms with Gasteiger partial charge in [0.15, 0.2) is 11.5 Å². The Morgan fingerprint density at radius 2 is 2.17 bits per heavy atom. The van der Waals surface area contributed by atoms with Crippen molar-refractivity contribution in [3.63, 3.8) is 0 Å². The third kappa shape index (κ3) is 1.32. The zero-order valence-electron chi connectivity index (χ0n) is 6.44. The first-order valence-electron chi connectivity index (χ1n) is 3.33. The van der Waals surface area contributed by atoms with E-state index in [1.165, 1.54) is 25.1 Å². The molecule has 0 heterocycles. The predicted octanol–water partition coefficient (Wildman–Crippen LogP) is 1.99. The van der Waals surface area contributed by atoms with Gasteiger partial charge in [-0.3, -0.25) is 4.79 Å². The van der Waals surface area contributed by atoms with Crippen LogP contribution in [-0.4, -0.2) is 10.9 Å². The summed E-state index contributed by atoms with van der Waals surface area (Å²) in [5.74, 6) is -0.641. The van der Waals surface area contributed by atoms with E-state index >= 15 is 0 Å². The van der Waals surface area contributed by atoms with Gasteiger partial charge in [-0.25, -0.2) is 0 Å². The Kier molecular flexibility index (Phi) is 2.19. The molecule has 0 aliphatic rings. The first kappa shape index (κ1) is 8.39. The second kappa shape index (κ2) is 3.13. The maximum atomic E-state index is 10.8. The van der Waals surface area contributed by atoms with Crippen molar-refractivity contribution in [3.05, 3.63) is 28.7 Å². The molecule has 0 radical (unpaired) electrons. The quantitative estimate of drug-likeness (QED) is 0.538. The largest absolute Gasteiger partial charge is 0.505 e. The molecule has 1 aromatic rings. The van der Waals surface area contributed by atoms with Crippen molar-refractivity contribution >= 4 is 11.5 Å². The van der Waals surface area contributed by atoms with Crippen LogP contribution in [0.3, 0.4) is 0 Å². The fraction of sp³-hybridized carbons (Fsp3) is 0.125. The molecule has 0 aliphatic carbocycles. The number of hydrogen-bond donors (Lipinski definition) is 1. The highest BCUT2D eigenvalue weighted by molar-refractivity contribution is 5.98. The Balaban J connectivity index is 3.32. The minimum absolute atomic E-state index is 0.109. The normalized spacial score (nSPS) is 9.42. The molecule has 1 rings (SSSR count). The molecule has 0 saturated heterocycles. The fourth-order valence-electron chi connectivity index (χ4n) is 0.889. The molecule has 0 aromatic heterocycles. The van der Waals surface area contributed by atoms with Crippen molar-refractivity contribution < 1.29 is 9.90 Å².